The largest absolute Gasteiger partial charge is 0.381 e. The van der Waals surface area contributed by atoms with E-state index < -0.39 is 29.1 Å². The van der Waals surface area contributed by atoms with Crippen molar-refractivity contribution in [2.75, 3.05) is 18.5 Å². The topological polar surface area (TPSA) is 111 Å². The second-order valence-electron chi connectivity index (χ2n) is 10.7. The standard InChI is InChI=1S/C29H33F2N5O3S/c1-29(2,28(38)34-19-7-9-39-10-8-19)36-14-25(33-16-36)35-27(37)26(32)21-6-4-3-5-20(21)24-12-17-11-18(30)13-23(31)22(17)15-40-24/h3-6,11,13-14,16,19,24,26H,7-10,12,15,32H2,1-2H3,(H,34,38)(H,35,37)/t24?,26-/m0/s1. The third-order valence-corrected chi connectivity index (χ3v) is 8.92. The van der Waals surface area contributed by atoms with Crippen molar-refractivity contribution in [3.8, 4) is 0 Å². The van der Waals surface area contributed by atoms with E-state index in [-0.39, 0.29) is 23.0 Å². The lowest BCUT2D eigenvalue weighted by Gasteiger charge is -2.30. The smallest absolute Gasteiger partial charge is 0.247 e. The third kappa shape index (κ3) is 5.91. The number of carbonyl (C=O) groups is 2. The predicted octanol–water partition coefficient (Wildman–Crippen LogP) is 4.36. The van der Waals surface area contributed by atoms with E-state index in [1.54, 1.807) is 36.7 Å². The van der Waals surface area contributed by atoms with Crippen LogP contribution in [0.25, 0.3) is 0 Å². The zero-order valence-corrected chi connectivity index (χ0v) is 23.3. The second-order valence-corrected chi connectivity index (χ2v) is 11.9. The van der Waals surface area contributed by atoms with E-state index in [0.717, 1.165) is 24.5 Å². The van der Waals surface area contributed by atoms with E-state index in [2.05, 4.69) is 15.6 Å². The number of ether oxygens (including phenoxy) is 1. The van der Waals surface area contributed by atoms with Crippen LogP contribution in [0.1, 0.15) is 60.2 Å². The Hall–Kier alpha value is -3.28. The molecule has 1 aromatic heterocycles. The number of imidazole rings is 1. The summed E-state index contributed by atoms with van der Waals surface area (Å²) in [7, 11) is 0. The van der Waals surface area contributed by atoms with Crippen molar-refractivity contribution in [3.05, 3.63) is 82.8 Å². The average molecular weight is 570 g/mol. The van der Waals surface area contributed by atoms with Crippen LogP contribution in [0.3, 0.4) is 0 Å². The summed E-state index contributed by atoms with van der Waals surface area (Å²) in [6, 6.07) is 8.71. The minimum atomic E-state index is -1.00. The Morgan fingerprint density at radius 2 is 1.95 bits per heavy atom. The first kappa shape index (κ1) is 28.3. The number of nitrogens with zero attached hydrogens (tertiary/aromatic N) is 2. The molecule has 3 heterocycles. The van der Waals surface area contributed by atoms with Crippen molar-refractivity contribution in [1.82, 2.24) is 14.9 Å². The summed E-state index contributed by atoms with van der Waals surface area (Å²) in [5, 5.41) is 5.73. The van der Waals surface area contributed by atoms with Gasteiger partial charge in [-0.05, 0) is 55.9 Å². The van der Waals surface area contributed by atoms with Crippen molar-refractivity contribution >= 4 is 29.4 Å². The molecule has 11 heteroatoms. The van der Waals surface area contributed by atoms with Crippen LogP contribution in [0.15, 0.2) is 48.9 Å². The van der Waals surface area contributed by atoms with E-state index in [9.17, 15) is 18.4 Å². The van der Waals surface area contributed by atoms with Gasteiger partial charge in [-0.15, -0.1) is 11.8 Å². The zero-order chi connectivity index (χ0) is 28.4. The Morgan fingerprint density at radius 3 is 2.73 bits per heavy atom. The van der Waals surface area contributed by atoms with Crippen LogP contribution >= 0.6 is 11.8 Å². The lowest BCUT2D eigenvalue weighted by molar-refractivity contribution is -0.129. The molecule has 0 spiro atoms. The number of hydrogen-bond acceptors (Lipinski definition) is 6. The number of benzene rings is 2. The molecule has 1 fully saturated rings. The van der Waals surface area contributed by atoms with Crippen LogP contribution < -0.4 is 16.4 Å². The van der Waals surface area contributed by atoms with E-state index in [1.807, 2.05) is 12.1 Å². The van der Waals surface area contributed by atoms with Gasteiger partial charge in [0.25, 0.3) is 0 Å². The summed E-state index contributed by atoms with van der Waals surface area (Å²) in [4.78, 5) is 30.5. The SMILES string of the molecule is CC(C)(C(=O)NC1CCOCC1)n1cnc(NC(=O)[C@@H](N)c2ccccc2C2Cc3cc(F)cc(F)c3CS2)c1. The van der Waals surface area contributed by atoms with Gasteiger partial charge in [0, 0.05) is 48.1 Å². The molecule has 2 atom stereocenters. The molecule has 40 heavy (non-hydrogen) atoms. The fraction of sp³-hybridized carbons (Fsp3) is 0.414. The number of fused-ring (bicyclic) bond motifs is 1. The zero-order valence-electron chi connectivity index (χ0n) is 22.5. The Labute approximate surface area is 236 Å². The molecule has 0 radical (unpaired) electrons. The van der Waals surface area contributed by atoms with Gasteiger partial charge in [0.2, 0.25) is 11.8 Å². The van der Waals surface area contributed by atoms with Gasteiger partial charge in [0.05, 0.1) is 6.33 Å². The monoisotopic (exact) mass is 569 g/mol. The highest BCUT2D eigenvalue weighted by Gasteiger charge is 2.33. The summed E-state index contributed by atoms with van der Waals surface area (Å²) < 4.78 is 35.1. The molecule has 8 nitrogen and oxygen atoms in total. The molecular weight excluding hydrogens is 536 g/mol. The number of anilines is 1. The minimum absolute atomic E-state index is 0.0649. The van der Waals surface area contributed by atoms with Crippen LogP contribution in [0.4, 0.5) is 14.6 Å². The van der Waals surface area contributed by atoms with E-state index in [0.29, 0.717) is 42.1 Å². The van der Waals surface area contributed by atoms with Crippen molar-refractivity contribution in [3.63, 3.8) is 0 Å². The molecule has 2 aliphatic heterocycles. The van der Waals surface area contributed by atoms with Crippen molar-refractivity contribution in [2.24, 2.45) is 5.73 Å². The second kappa shape index (κ2) is 11.7. The quantitative estimate of drug-likeness (QED) is 0.390. The minimum Gasteiger partial charge on any atom is -0.381 e. The number of hydrogen-bond donors (Lipinski definition) is 3. The first-order valence-electron chi connectivity index (χ1n) is 13.3. The van der Waals surface area contributed by atoms with Crippen LogP contribution in [-0.2, 0) is 32.0 Å². The summed E-state index contributed by atoms with van der Waals surface area (Å²) in [6.45, 7) is 4.82. The van der Waals surface area contributed by atoms with Gasteiger partial charge in [-0.2, -0.15) is 0 Å². The highest BCUT2D eigenvalue weighted by atomic mass is 32.2. The summed E-state index contributed by atoms with van der Waals surface area (Å²) in [6.07, 6.45) is 5.08. The molecule has 0 aliphatic carbocycles. The number of halogens is 2. The molecule has 5 rings (SSSR count). The van der Waals surface area contributed by atoms with Crippen molar-refractivity contribution in [1.29, 1.82) is 0 Å². The van der Waals surface area contributed by atoms with Gasteiger partial charge in [0.1, 0.15) is 23.2 Å². The molecule has 0 bridgehead atoms. The molecular formula is C29H33F2N5O3S. The number of rotatable bonds is 7. The molecule has 0 saturated carbocycles. The normalized spacial score (nSPS) is 18.6. The Morgan fingerprint density at radius 1 is 1.20 bits per heavy atom. The number of nitrogens with two attached hydrogens (primary N) is 1. The summed E-state index contributed by atoms with van der Waals surface area (Å²) in [5.74, 6) is -1.06. The number of carbonyl (C=O) groups excluding carboxylic acids is 2. The van der Waals surface area contributed by atoms with Crippen molar-refractivity contribution < 1.29 is 23.1 Å². The predicted molar refractivity (Wildman–Crippen MR) is 150 cm³/mol. The van der Waals surface area contributed by atoms with E-state index >= 15 is 0 Å². The summed E-state index contributed by atoms with van der Waals surface area (Å²) >= 11 is 1.54. The number of amides is 2. The lowest BCUT2D eigenvalue weighted by Crippen LogP contribution is -2.49. The molecule has 4 N–H and O–H groups in total. The number of aromatic nitrogens is 2. The Kier molecular flexibility index (Phi) is 8.25. The van der Waals surface area contributed by atoms with Crippen LogP contribution in [-0.4, -0.2) is 40.6 Å². The molecule has 212 valence electrons. The highest BCUT2D eigenvalue weighted by Crippen LogP contribution is 2.43. The number of thioether (sulfide) groups is 1. The van der Waals surface area contributed by atoms with Gasteiger partial charge in [-0.3, -0.25) is 9.59 Å². The van der Waals surface area contributed by atoms with Crippen LogP contribution in [0.2, 0.25) is 0 Å². The fourth-order valence-corrected chi connectivity index (χ4v) is 6.47. The maximum absolute atomic E-state index is 14.2. The molecule has 2 aliphatic rings. The van der Waals surface area contributed by atoms with Gasteiger partial charge in [-0.1, -0.05) is 24.3 Å². The first-order chi connectivity index (χ1) is 19.1. The highest BCUT2D eigenvalue weighted by molar-refractivity contribution is 7.98. The van der Waals surface area contributed by atoms with Gasteiger partial charge >= 0.3 is 0 Å². The summed E-state index contributed by atoms with van der Waals surface area (Å²) in [5.41, 5.74) is 8.12. The first-order valence-corrected chi connectivity index (χ1v) is 14.3. The Bertz CT molecular complexity index is 1410. The molecule has 2 amide bonds. The maximum atomic E-state index is 14.2. The van der Waals surface area contributed by atoms with Gasteiger partial charge in [0.15, 0.2) is 5.82 Å². The molecule has 1 unspecified atom stereocenters. The van der Waals surface area contributed by atoms with Gasteiger partial charge in [-0.25, -0.2) is 13.8 Å². The number of nitrogens with one attached hydrogen (secondary N) is 2. The third-order valence-electron chi connectivity index (χ3n) is 7.64. The van der Waals surface area contributed by atoms with E-state index in [4.69, 9.17) is 10.5 Å². The van der Waals surface area contributed by atoms with Crippen LogP contribution in [0, 0.1) is 11.6 Å². The average Bonchev–Trinajstić information content (AvgIpc) is 3.42. The molecule has 1 saturated heterocycles. The Balaban J connectivity index is 1.27. The molecule has 3 aromatic rings. The molecule has 2 aromatic carbocycles. The van der Waals surface area contributed by atoms with E-state index in [1.165, 1.54) is 24.2 Å². The lowest BCUT2D eigenvalue weighted by atomic mass is 9.93. The maximum Gasteiger partial charge on any atom is 0.247 e. The van der Waals surface area contributed by atoms with Crippen LogP contribution in [0.5, 0.6) is 0 Å². The van der Waals surface area contributed by atoms with Crippen molar-refractivity contribution in [2.45, 2.75) is 61.7 Å². The van der Waals surface area contributed by atoms with Gasteiger partial charge < -0.3 is 25.7 Å². The fourth-order valence-electron chi connectivity index (χ4n) is 5.09.